The number of aryl methyl sites for hydroxylation is 1. The lowest BCUT2D eigenvalue weighted by Gasteiger charge is -1.99. The largest absolute Gasteiger partial charge is 0.344 e. The molecule has 0 aromatic carbocycles. The van der Waals surface area contributed by atoms with Gasteiger partial charge in [0.05, 0.1) is 12.2 Å². The zero-order valence-corrected chi connectivity index (χ0v) is 12.1. The van der Waals surface area contributed by atoms with E-state index in [1.165, 1.54) is 11.3 Å². The summed E-state index contributed by atoms with van der Waals surface area (Å²) in [5.41, 5.74) is 1.77. The lowest BCUT2D eigenvalue weighted by Crippen LogP contribution is -2.23. The third-order valence-corrected chi connectivity index (χ3v) is 4.46. The van der Waals surface area contributed by atoms with Gasteiger partial charge >= 0.3 is 0 Å². The van der Waals surface area contributed by atoms with Crippen molar-refractivity contribution in [1.29, 1.82) is 0 Å². The lowest BCUT2D eigenvalue weighted by molar-refractivity contribution is 0.0953. The minimum atomic E-state index is -0.175. The highest BCUT2D eigenvalue weighted by molar-refractivity contribution is 7.17. The maximum atomic E-state index is 12.1. The van der Waals surface area contributed by atoms with Gasteiger partial charge in [-0.25, -0.2) is 4.98 Å². The van der Waals surface area contributed by atoms with E-state index in [0.29, 0.717) is 10.7 Å². The van der Waals surface area contributed by atoms with Crippen molar-refractivity contribution in [1.82, 2.24) is 30.9 Å². The van der Waals surface area contributed by atoms with Gasteiger partial charge in [0.1, 0.15) is 9.88 Å². The van der Waals surface area contributed by atoms with Crippen molar-refractivity contribution in [3.05, 3.63) is 33.2 Å². The van der Waals surface area contributed by atoms with Crippen LogP contribution < -0.4 is 5.32 Å². The second-order valence-corrected chi connectivity index (χ2v) is 5.74. The first kappa shape index (κ1) is 12.9. The fourth-order valence-corrected chi connectivity index (χ4v) is 3.31. The summed E-state index contributed by atoms with van der Waals surface area (Å²) in [6.45, 7) is 2.07. The predicted octanol–water partition coefficient (Wildman–Crippen LogP) is 1.62. The van der Waals surface area contributed by atoms with Crippen LogP contribution in [-0.2, 0) is 6.54 Å². The lowest BCUT2D eigenvalue weighted by atomic mass is 10.3. The molecule has 0 spiro atoms. The number of amides is 1. The number of hydrogen-bond acceptors (Lipinski definition) is 7. The monoisotopic (exact) mass is 306 g/mol. The number of rotatable bonds is 4. The molecule has 2 N–H and O–H groups in total. The molecule has 0 atom stereocenters. The van der Waals surface area contributed by atoms with Crippen molar-refractivity contribution < 1.29 is 4.79 Å². The summed E-state index contributed by atoms with van der Waals surface area (Å²) >= 11 is 2.99. The second-order valence-electron chi connectivity index (χ2n) is 3.96. The number of aromatic amines is 1. The van der Waals surface area contributed by atoms with Crippen LogP contribution in [0.2, 0.25) is 0 Å². The SMILES string of the molecule is Cc1nc(-c2ccsc2)sc1C(=O)NCc1nn[nH]n1. The maximum Gasteiger partial charge on any atom is 0.263 e. The summed E-state index contributed by atoms with van der Waals surface area (Å²) in [5.74, 6) is 0.268. The Morgan fingerprint density at radius 3 is 3.10 bits per heavy atom. The van der Waals surface area contributed by atoms with Crippen LogP contribution in [0.4, 0.5) is 0 Å². The third kappa shape index (κ3) is 2.58. The van der Waals surface area contributed by atoms with E-state index in [1.807, 2.05) is 23.8 Å². The topological polar surface area (TPSA) is 96.5 Å². The molecule has 7 nitrogen and oxygen atoms in total. The van der Waals surface area contributed by atoms with E-state index in [2.05, 4.69) is 30.9 Å². The van der Waals surface area contributed by atoms with Crippen LogP contribution in [-0.4, -0.2) is 31.5 Å². The van der Waals surface area contributed by atoms with Gasteiger partial charge in [0.25, 0.3) is 5.91 Å². The fourth-order valence-electron chi connectivity index (χ4n) is 1.61. The number of thiazole rings is 1. The van der Waals surface area contributed by atoms with Gasteiger partial charge in [0, 0.05) is 10.9 Å². The summed E-state index contributed by atoms with van der Waals surface area (Å²) in [4.78, 5) is 17.2. The molecule has 3 aromatic heterocycles. The van der Waals surface area contributed by atoms with Crippen molar-refractivity contribution in [3.8, 4) is 10.6 Å². The molecule has 0 bridgehead atoms. The normalized spacial score (nSPS) is 10.7. The van der Waals surface area contributed by atoms with Crippen LogP contribution >= 0.6 is 22.7 Å². The summed E-state index contributed by atoms with van der Waals surface area (Å²) in [7, 11) is 0. The number of aromatic nitrogens is 5. The first-order valence-electron chi connectivity index (χ1n) is 5.74. The third-order valence-electron chi connectivity index (χ3n) is 2.57. The predicted molar refractivity (Wildman–Crippen MR) is 75.5 cm³/mol. The average molecular weight is 306 g/mol. The summed E-state index contributed by atoms with van der Waals surface area (Å²) in [6, 6.07) is 1.99. The molecule has 1 amide bonds. The summed E-state index contributed by atoms with van der Waals surface area (Å²) in [6.07, 6.45) is 0. The van der Waals surface area contributed by atoms with Gasteiger partial charge in [-0.1, -0.05) is 5.21 Å². The number of carbonyl (C=O) groups excluding carboxylic acids is 1. The number of carbonyl (C=O) groups is 1. The molecule has 0 saturated carbocycles. The number of thiophene rings is 1. The zero-order valence-electron chi connectivity index (χ0n) is 10.5. The van der Waals surface area contributed by atoms with E-state index in [4.69, 9.17) is 0 Å². The molecule has 0 unspecified atom stereocenters. The van der Waals surface area contributed by atoms with Gasteiger partial charge in [-0.05, 0) is 18.4 Å². The van der Waals surface area contributed by atoms with Crippen LogP contribution in [0.15, 0.2) is 16.8 Å². The van der Waals surface area contributed by atoms with Crippen LogP contribution in [0.5, 0.6) is 0 Å². The average Bonchev–Trinajstić information content (AvgIpc) is 3.17. The zero-order chi connectivity index (χ0) is 13.9. The van der Waals surface area contributed by atoms with Crippen molar-refractivity contribution in [2.75, 3.05) is 0 Å². The molecule has 0 fully saturated rings. The number of nitrogens with one attached hydrogen (secondary N) is 2. The van der Waals surface area contributed by atoms with Crippen molar-refractivity contribution >= 4 is 28.6 Å². The van der Waals surface area contributed by atoms with E-state index in [1.54, 1.807) is 11.3 Å². The Hall–Kier alpha value is -2.13. The van der Waals surface area contributed by atoms with Crippen LogP contribution in [0.25, 0.3) is 10.6 Å². The Morgan fingerprint density at radius 1 is 1.50 bits per heavy atom. The molecule has 0 aliphatic heterocycles. The van der Waals surface area contributed by atoms with Crippen molar-refractivity contribution in [2.24, 2.45) is 0 Å². The van der Waals surface area contributed by atoms with Crippen LogP contribution in [0.3, 0.4) is 0 Å². The molecule has 0 aliphatic rings. The molecule has 3 aromatic rings. The van der Waals surface area contributed by atoms with E-state index in [0.717, 1.165) is 16.3 Å². The van der Waals surface area contributed by atoms with Crippen molar-refractivity contribution in [2.45, 2.75) is 13.5 Å². The Morgan fingerprint density at radius 2 is 2.40 bits per heavy atom. The second kappa shape index (κ2) is 5.47. The molecule has 0 aliphatic carbocycles. The number of nitrogens with zero attached hydrogens (tertiary/aromatic N) is 4. The molecule has 3 heterocycles. The molecular formula is C11H10N6OS2. The molecule has 9 heteroatoms. The molecule has 3 rings (SSSR count). The molecular weight excluding hydrogens is 296 g/mol. The van der Waals surface area contributed by atoms with E-state index < -0.39 is 0 Å². The molecule has 0 radical (unpaired) electrons. The minimum Gasteiger partial charge on any atom is -0.344 e. The summed E-state index contributed by atoms with van der Waals surface area (Å²) < 4.78 is 0. The standard InChI is InChI=1S/C11H10N6OS2/c1-6-9(10(18)12-4-8-14-16-17-15-8)20-11(13-6)7-2-3-19-5-7/h2-3,5H,4H2,1H3,(H,12,18)(H,14,15,16,17). The van der Waals surface area contributed by atoms with Crippen molar-refractivity contribution in [3.63, 3.8) is 0 Å². The number of hydrogen-bond donors (Lipinski definition) is 2. The molecule has 20 heavy (non-hydrogen) atoms. The Bertz CT molecular complexity index is 703. The fraction of sp³-hybridized carbons (Fsp3) is 0.182. The quantitative estimate of drug-likeness (QED) is 0.763. The highest BCUT2D eigenvalue weighted by atomic mass is 32.1. The van der Waals surface area contributed by atoms with Gasteiger partial charge in [-0.15, -0.1) is 21.5 Å². The maximum absolute atomic E-state index is 12.1. The summed E-state index contributed by atoms with van der Waals surface area (Å²) in [5, 5.41) is 20.9. The Kier molecular flexibility index (Phi) is 3.52. The van der Waals surface area contributed by atoms with E-state index in [9.17, 15) is 4.79 Å². The number of tetrazole rings is 1. The molecule has 0 saturated heterocycles. The Labute approximate surface area is 122 Å². The highest BCUT2D eigenvalue weighted by Crippen LogP contribution is 2.29. The van der Waals surface area contributed by atoms with E-state index in [-0.39, 0.29) is 12.5 Å². The van der Waals surface area contributed by atoms with Crippen LogP contribution in [0.1, 0.15) is 21.2 Å². The Balaban J connectivity index is 1.75. The first-order chi connectivity index (χ1) is 9.74. The van der Waals surface area contributed by atoms with Gasteiger partial charge in [0.2, 0.25) is 0 Å². The molecule has 102 valence electrons. The van der Waals surface area contributed by atoms with Gasteiger partial charge in [-0.3, -0.25) is 4.79 Å². The van der Waals surface area contributed by atoms with Crippen LogP contribution in [0, 0.1) is 6.92 Å². The smallest absolute Gasteiger partial charge is 0.263 e. The number of H-pyrrole nitrogens is 1. The van der Waals surface area contributed by atoms with E-state index >= 15 is 0 Å². The highest BCUT2D eigenvalue weighted by Gasteiger charge is 2.16. The van der Waals surface area contributed by atoms with Gasteiger partial charge in [-0.2, -0.15) is 16.6 Å². The first-order valence-corrected chi connectivity index (χ1v) is 7.50. The minimum absolute atomic E-state index is 0.175. The van der Waals surface area contributed by atoms with Gasteiger partial charge < -0.3 is 5.32 Å². The van der Waals surface area contributed by atoms with Gasteiger partial charge in [0.15, 0.2) is 5.82 Å².